The first-order chi connectivity index (χ1) is 13.1. The van der Waals surface area contributed by atoms with Crippen LogP contribution in [-0.2, 0) is 6.54 Å². The maximum Gasteiger partial charge on any atom is 0.276 e. The quantitative estimate of drug-likeness (QED) is 0.697. The molecule has 1 amide bonds. The smallest absolute Gasteiger partial charge is 0.276 e. The average Bonchev–Trinajstić information content (AvgIpc) is 2.68. The summed E-state index contributed by atoms with van der Waals surface area (Å²) >= 11 is 0. The van der Waals surface area contributed by atoms with E-state index < -0.39 is 0 Å². The molecule has 0 atom stereocenters. The van der Waals surface area contributed by atoms with E-state index in [1.807, 2.05) is 12.1 Å². The van der Waals surface area contributed by atoms with Crippen LogP contribution in [0, 0.1) is 0 Å². The van der Waals surface area contributed by atoms with Crippen molar-refractivity contribution in [2.45, 2.75) is 6.54 Å². The highest BCUT2D eigenvalue weighted by atomic mass is 16.2. The van der Waals surface area contributed by atoms with Gasteiger partial charge in [-0.25, -0.2) is 15.0 Å². The van der Waals surface area contributed by atoms with Crippen LogP contribution >= 0.6 is 0 Å². The van der Waals surface area contributed by atoms with Gasteiger partial charge in [0.1, 0.15) is 5.65 Å². The number of rotatable bonds is 3. The summed E-state index contributed by atoms with van der Waals surface area (Å²) < 4.78 is 1.52. The topological polar surface area (TPSA) is 110 Å². The standard InChI is InChI=1S/C18H19N7O2/c19-17-16(20-4-5-21-17)18(27)24-9-7-23(8-10-24)12-13-11-15(26)25-6-2-1-3-14(25)22-13/h1-6,11H,7-10,12H2,(H2,19,21). The lowest BCUT2D eigenvalue weighted by molar-refractivity contribution is 0.0622. The summed E-state index contributed by atoms with van der Waals surface area (Å²) in [5.41, 5.74) is 7.20. The Morgan fingerprint density at radius 1 is 1.11 bits per heavy atom. The Labute approximate surface area is 155 Å². The van der Waals surface area contributed by atoms with Crippen LogP contribution in [0.15, 0.2) is 47.7 Å². The van der Waals surface area contributed by atoms with Gasteiger partial charge in [0.15, 0.2) is 11.5 Å². The molecule has 0 unspecified atom stereocenters. The van der Waals surface area contributed by atoms with Crippen LogP contribution in [0.1, 0.15) is 16.2 Å². The number of fused-ring (bicyclic) bond motifs is 1. The van der Waals surface area contributed by atoms with Crippen LogP contribution in [0.4, 0.5) is 5.82 Å². The lowest BCUT2D eigenvalue weighted by Gasteiger charge is -2.34. The highest BCUT2D eigenvalue weighted by molar-refractivity contribution is 5.96. The Hall–Kier alpha value is -3.33. The molecule has 4 rings (SSSR count). The van der Waals surface area contributed by atoms with Gasteiger partial charge in [-0.3, -0.25) is 18.9 Å². The summed E-state index contributed by atoms with van der Waals surface area (Å²) in [6, 6.07) is 7.03. The van der Waals surface area contributed by atoms with Crippen LogP contribution in [0.5, 0.6) is 0 Å². The first kappa shape index (κ1) is 17.1. The van der Waals surface area contributed by atoms with Crippen LogP contribution < -0.4 is 11.3 Å². The molecule has 1 aliphatic rings. The summed E-state index contributed by atoms with van der Waals surface area (Å²) in [6.45, 7) is 3.04. The first-order valence-electron chi connectivity index (χ1n) is 8.67. The molecule has 0 aliphatic carbocycles. The first-order valence-corrected chi connectivity index (χ1v) is 8.67. The van der Waals surface area contributed by atoms with Gasteiger partial charge in [-0.15, -0.1) is 0 Å². The molecule has 1 saturated heterocycles. The molecule has 0 radical (unpaired) electrons. The molecule has 4 heterocycles. The second kappa shape index (κ2) is 7.12. The zero-order valence-electron chi connectivity index (χ0n) is 14.7. The van der Waals surface area contributed by atoms with Gasteiger partial charge in [-0.05, 0) is 12.1 Å². The van der Waals surface area contributed by atoms with Crippen molar-refractivity contribution in [2.75, 3.05) is 31.9 Å². The van der Waals surface area contributed by atoms with Gasteiger partial charge >= 0.3 is 0 Å². The second-order valence-electron chi connectivity index (χ2n) is 6.37. The number of hydrogen-bond acceptors (Lipinski definition) is 7. The predicted molar refractivity (Wildman–Crippen MR) is 99.1 cm³/mol. The normalized spacial score (nSPS) is 15.2. The molecule has 1 fully saturated rings. The molecule has 1 aliphatic heterocycles. The van der Waals surface area contributed by atoms with Crippen LogP contribution in [-0.4, -0.2) is 61.2 Å². The number of aromatic nitrogens is 4. The van der Waals surface area contributed by atoms with E-state index in [2.05, 4.69) is 19.9 Å². The largest absolute Gasteiger partial charge is 0.382 e. The molecule has 0 saturated carbocycles. The van der Waals surface area contributed by atoms with Crippen LogP contribution in [0.3, 0.4) is 0 Å². The van der Waals surface area contributed by atoms with Gasteiger partial charge < -0.3 is 10.6 Å². The molecule has 0 spiro atoms. The van der Waals surface area contributed by atoms with E-state index >= 15 is 0 Å². The molecule has 9 nitrogen and oxygen atoms in total. The molecule has 9 heteroatoms. The monoisotopic (exact) mass is 365 g/mol. The SMILES string of the molecule is Nc1nccnc1C(=O)N1CCN(Cc2cc(=O)n3ccccc3n2)CC1. The van der Waals surface area contributed by atoms with Crippen LogP contribution in [0.2, 0.25) is 0 Å². The van der Waals surface area contributed by atoms with Gasteiger partial charge in [0.05, 0.1) is 5.69 Å². The molecule has 138 valence electrons. The van der Waals surface area contributed by atoms with E-state index in [-0.39, 0.29) is 23.0 Å². The lowest BCUT2D eigenvalue weighted by atomic mass is 10.2. The second-order valence-corrected chi connectivity index (χ2v) is 6.37. The molecule has 0 bridgehead atoms. The van der Waals surface area contributed by atoms with E-state index in [0.717, 1.165) is 5.69 Å². The maximum absolute atomic E-state index is 12.5. The van der Waals surface area contributed by atoms with Crippen molar-refractivity contribution in [3.05, 3.63) is 64.6 Å². The van der Waals surface area contributed by atoms with E-state index in [4.69, 9.17) is 5.73 Å². The van der Waals surface area contributed by atoms with E-state index in [0.29, 0.717) is 38.4 Å². The molecule has 3 aromatic heterocycles. The minimum Gasteiger partial charge on any atom is -0.382 e. The molecule has 3 aromatic rings. The molecule has 0 aromatic carbocycles. The third kappa shape index (κ3) is 3.49. The number of carbonyl (C=O) groups is 1. The Morgan fingerprint density at radius 3 is 2.67 bits per heavy atom. The number of nitrogens with zero attached hydrogens (tertiary/aromatic N) is 6. The van der Waals surface area contributed by atoms with Crippen molar-refractivity contribution in [1.82, 2.24) is 29.2 Å². The minimum absolute atomic E-state index is 0.0949. The van der Waals surface area contributed by atoms with Crippen molar-refractivity contribution >= 4 is 17.4 Å². The number of amides is 1. The number of carbonyl (C=O) groups excluding carboxylic acids is 1. The van der Waals surface area contributed by atoms with Crippen LogP contribution in [0.25, 0.3) is 5.65 Å². The summed E-state index contributed by atoms with van der Waals surface area (Å²) in [7, 11) is 0. The van der Waals surface area contributed by atoms with Gasteiger partial charge in [0.2, 0.25) is 0 Å². The number of nitrogens with two attached hydrogens (primary N) is 1. The molecular weight excluding hydrogens is 346 g/mol. The summed E-state index contributed by atoms with van der Waals surface area (Å²) in [5.74, 6) is -0.0620. The Kier molecular flexibility index (Phi) is 4.51. The van der Waals surface area contributed by atoms with Crippen molar-refractivity contribution in [3.63, 3.8) is 0 Å². The van der Waals surface area contributed by atoms with Gasteiger partial charge in [0, 0.05) is 57.4 Å². The Bertz CT molecular complexity index is 1040. The Morgan fingerprint density at radius 2 is 1.89 bits per heavy atom. The average molecular weight is 365 g/mol. The summed E-state index contributed by atoms with van der Waals surface area (Å²) in [6.07, 6.45) is 4.63. The fourth-order valence-corrected chi connectivity index (χ4v) is 3.19. The highest BCUT2D eigenvalue weighted by Gasteiger charge is 2.25. The molecule has 2 N–H and O–H groups in total. The van der Waals surface area contributed by atoms with Crippen molar-refractivity contribution in [3.8, 4) is 0 Å². The third-order valence-corrected chi connectivity index (χ3v) is 4.60. The highest BCUT2D eigenvalue weighted by Crippen LogP contribution is 2.12. The lowest BCUT2D eigenvalue weighted by Crippen LogP contribution is -2.48. The number of nitrogen functional groups attached to an aromatic ring is 1. The zero-order valence-corrected chi connectivity index (χ0v) is 14.7. The number of pyridine rings is 1. The van der Waals surface area contributed by atoms with Gasteiger partial charge in [-0.2, -0.15) is 0 Å². The predicted octanol–water partition coefficient (Wildman–Crippen LogP) is 0.0247. The zero-order chi connectivity index (χ0) is 18.8. The van der Waals surface area contributed by atoms with Gasteiger partial charge in [0.25, 0.3) is 11.5 Å². The number of anilines is 1. The van der Waals surface area contributed by atoms with E-state index in [9.17, 15) is 9.59 Å². The number of hydrogen-bond donors (Lipinski definition) is 1. The van der Waals surface area contributed by atoms with E-state index in [1.54, 1.807) is 23.2 Å². The molecule has 27 heavy (non-hydrogen) atoms. The Balaban J connectivity index is 1.42. The summed E-state index contributed by atoms with van der Waals surface area (Å²) in [5, 5.41) is 0. The van der Waals surface area contributed by atoms with Gasteiger partial charge in [-0.1, -0.05) is 6.07 Å². The maximum atomic E-state index is 12.5. The van der Waals surface area contributed by atoms with Crippen molar-refractivity contribution < 1.29 is 4.79 Å². The van der Waals surface area contributed by atoms with Crippen molar-refractivity contribution in [1.29, 1.82) is 0 Å². The fraction of sp³-hybridized carbons (Fsp3) is 0.278. The van der Waals surface area contributed by atoms with E-state index in [1.165, 1.54) is 16.8 Å². The fourth-order valence-electron chi connectivity index (χ4n) is 3.19. The molecular formula is C18H19N7O2. The third-order valence-electron chi connectivity index (χ3n) is 4.60. The van der Waals surface area contributed by atoms with Crippen molar-refractivity contribution in [2.24, 2.45) is 0 Å². The number of piperazine rings is 1. The summed E-state index contributed by atoms with van der Waals surface area (Å²) in [4.78, 5) is 41.1. The minimum atomic E-state index is -0.206.